The Hall–Kier alpha value is -6.60. The van der Waals surface area contributed by atoms with Gasteiger partial charge >= 0.3 is 5.97 Å². The Morgan fingerprint density at radius 1 is 0.661 bits per heavy atom. The molecule has 2 heterocycles. The SMILES string of the molecule is CC.CNC(=O)c1c(-c2ccc(F)cc2)oc2cc(N(C)S(C)(=O)=O)c(C(=O)O)cc12.CNC(=O)c1c(-c2ccc(F)cc2)oc2cc(N(C)S(C)(=O)=O)c(C=O)cc12. The highest BCUT2D eigenvalue weighted by Crippen LogP contribution is 2.39. The lowest BCUT2D eigenvalue weighted by molar-refractivity contribution is 0.0697. The smallest absolute Gasteiger partial charge is 0.337 e. The fraction of sp³-hybridized carbons (Fsp3) is 0.200. The van der Waals surface area contributed by atoms with Gasteiger partial charge < -0.3 is 24.6 Å². The molecule has 2 amide bonds. The zero-order valence-corrected chi connectivity index (χ0v) is 34.6. The van der Waals surface area contributed by atoms with E-state index in [-0.39, 0.29) is 61.7 Å². The van der Waals surface area contributed by atoms with Crippen molar-refractivity contribution in [1.82, 2.24) is 10.6 Å². The highest BCUT2D eigenvalue weighted by atomic mass is 32.2. The van der Waals surface area contributed by atoms with Crippen LogP contribution in [0.15, 0.2) is 81.6 Å². The lowest BCUT2D eigenvalue weighted by Gasteiger charge is -2.18. The van der Waals surface area contributed by atoms with E-state index in [2.05, 4.69) is 10.6 Å². The van der Waals surface area contributed by atoms with E-state index in [0.29, 0.717) is 22.8 Å². The quantitative estimate of drug-likeness (QED) is 0.126. The summed E-state index contributed by atoms with van der Waals surface area (Å²) in [5.74, 6) is -2.99. The first-order valence-electron chi connectivity index (χ1n) is 17.4. The predicted octanol–water partition coefficient (Wildman–Crippen LogP) is 6.53. The molecule has 0 aliphatic carbocycles. The number of benzene rings is 4. The molecule has 0 spiro atoms. The summed E-state index contributed by atoms with van der Waals surface area (Å²) in [5.41, 5.74) is 1.18. The van der Waals surface area contributed by atoms with E-state index >= 15 is 0 Å². The number of nitrogens with one attached hydrogen (secondary N) is 2. The van der Waals surface area contributed by atoms with Crippen molar-refractivity contribution in [1.29, 1.82) is 0 Å². The monoisotopic (exact) mass is 854 g/mol. The number of fused-ring (bicyclic) bond motifs is 2. The molecule has 15 nitrogen and oxygen atoms in total. The van der Waals surface area contributed by atoms with Crippen LogP contribution >= 0.6 is 0 Å². The van der Waals surface area contributed by atoms with Crippen LogP contribution in [0.5, 0.6) is 0 Å². The van der Waals surface area contributed by atoms with Gasteiger partial charge in [0.15, 0.2) is 6.29 Å². The van der Waals surface area contributed by atoms with Crippen molar-refractivity contribution in [2.24, 2.45) is 0 Å². The fourth-order valence-corrected chi connectivity index (χ4v) is 6.77. The second-order valence-electron chi connectivity index (χ2n) is 12.4. The number of carboxylic acids is 1. The molecule has 0 fully saturated rings. The van der Waals surface area contributed by atoms with Crippen LogP contribution in [-0.4, -0.2) is 86.7 Å². The lowest BCUT2D eigenvalue weighted by atomic mass is 10.0. The number of hydrogen-bond acceptors (Lipinski definition) is 10. The van der Waals surface area contributed by atoms with Gasteiger partial charge in [0.1, 0.15) is 34.3 Å². The molecule has 0 saturated carbocycles. The summed E-state index contributed by atoms with van der Waals surface area (Å²) < 4.78 is 87.6. The average molecular weight is 855 g/mol. The summed E-state index contributed by atoms with van der Waals surface area (Å²) in [6.07, 6.45) is 2.45. The third kappa shape index (κ3) is 9.42. The van der Waals surface area contributed by atoms with Crippen molar-refractivity contribution in [2.75, 3.05) is 49.3 Å². The van der Waals surface area contributed by atoms with Crippen LogP contribution < -0.4 is 19.2 Å². The number of amides is 2. The highest BCUT2D eigenvalue weighted by Gasteiger charge is 2.28. The standard InChI is InChI=1S/C19H17FN2O6S.C19H17FN2O5S.C2H6/c1-21-18(23)16-13-8-12(19(24)25)14(22(2)29(3,26)27)9-15(13)28-17(16)10-4-6-11(20)7-5-10;1-21-19(24)17-14-8-12(10-23)15(22(2)28(3,25)26)9-16(14)27-18(17)11-4-6-13(20)7-5-11;1-2/h4-9H,1-3H3,(H,21,23)(H,24,25);4-10H,1-3H3,(H,21,24);1-2H3. The number of aldehydes is 1. The molecule has 0 saturated heterocycles. The summed E-state index contributed by atoms with van der Waals surface area (Å²) in [6.45, 7) is 4.00. The minimum absolute atomic E-state index is 0.0603. The molecule has 0 aliphatic heterocycles. The predicted molar refractivity (Wildman–Crippen MR) is 220 cm³/mol. The maximum atomic E-state index is 13.3. The van der Waals surface area contributed by atoms with Crippen LogP contribution in [0, 0.1) is 11.6 Å². The summed E-state index contributed by atoms with van der Waals surface area (Å²) in [6, 6.07) is 15.8. The van der Waals surface area contributed by atoms with E-state index in [4.69, 9.17) is 8.83 Å². The molecule has 0 aliphatic rings. The van der Waals surface area contributed by atoms with E-state index < -0.39 is 49.5 Å². The normalized spacial score (nSPS) is 11.2. The summed E-state index contributed by atoms with van der Waals surface area (Å²) in [7, 11) is -2.00. The van der Waals surface area contributed by atoms with Crippen LogP contribution in [0.1, 0.15) is 55.3 Å². The van der Waals surface area contributed by atoms with Gasteiger partial charge in [-0.25, -0.2) is 30.4 Å². The Morgan fingerprint density at radius 2 is 1.03 bits per heavy atom. The van der Waals surface area contributed by atoms with Crippen LogP contribution in [0.2, 0.25) is 0 Å². The van der Waals surface area contributed by atoms with Crippen LogP contribution in [-0.2, 0) is 20.0 Å². The first-order chi connectivity index (χ1) is 27.7. The van der Waals surface area contributed by atoms with Gasteiger partial charge in [-0.05, 0) is 60.7 Å². The number of halogens is 2. The molecular formula is C40H40F2N4O11S2. The first-order valence-corrected chi connectivity index (χ1v) is 21.1. The number of aromatic carboxylic acids is 1. The molecule has 0 bridgehead atoms. The third-order valence-electron chi connectivity index (χ3n) is 8.80. The largest absolute Gasteiger partial charge is 0.478 e. The van der Waals surface area contributed by atoms with E-state index in [0.717, 1.165) is 21.1 Å². The summed E-state index contributed by atoms with van der Waals surface area (Å²) in [4.78, 5) is 48.3. The third-order valence-corrected chi connectivity index (χ3v) is 11.2. The molecule has 0 atom stereocenters. The molecule has 0 unspecified atom stereocenters. The highest BCUT2D eigenvalue weighted by molar-refractivity contribution is 7.92. The fourth-order valence-electron chi connectivity index (χ4n) is 5.75. The molecule has 6 rings (SSSR count). The Kier molecular flexibility index (Phi) is 13.7. The number of sulfonamides is 2. The number of carbonyl (C=O) groups is 4. The number of nitrogens with zero attached hydrogens (tertiary/aromatic N) is 2. The zero-order valence-electron chi connectivity index (χ0n) is 33.0. The number of anilines is 2. The Morgan fingerprint density at radius 3 is 1.39 bits per heavy atom. The number of carboxylic acid groups (broad SMARTS) is 1. The molecule has 312 valence electrons. The average Bonchev–Trinajstić information content (AvgIpc) is 3.77. The van der Waals surface area contributed by atoms with E-state index in [1.54, 1.807) is 0 Å². The van der Waals surface area contributed by atoms with E-state index in [1.807, 2.05) is 13.8 Å². The lowest BCUT2D eigenvalue weighted by Crippen LogP contribution is -2.26. The maximum absolute atomic E-state index is 13.3. The number of furan rings is 2. The van der Waals surface area contributed by atoms with Gasteiger partial charge in [-0.3, -0.25) is 23.0 Å². The van der Waals surface area contributed by atoms with Crippen LogP contribution in [0.25, 0.3) is 44.6 Å². The number of carbonyl (C=O) groups excluding carboxylic acids is 3. The second kappa shape index (κ2) is 17.9. The van der Waals surface area contributed by atoms with Gasteiger partial charge in [-0.1, -0.05) is 13.8 Å². The topological polar surface area (TPSA) is 214 Å². The molecule has 19 heteroatoms. The maximum Gasteiger partial charge on any atom is 0.337 e. The van der Waals surface area contributed by atoms with Crippen molar-refractivity contribution in [3.8, 4) is 22.6 Å². The van der Waals surface area contributed by atoms with Gasteiger partial charge in [0.2, 0.25) is 20.0 Å². The van der Waals surface area contributed by atoms with Crippen LogP contribution in [0.4, 0.5) is 20.2 Å². The van der Waals surface area contributed by atoms with Gasteiger partial charge in [0.25, 0.3) is 11.8 Å². The minimum Gasteiger partial charge on any atom is -0.478 e. The van der Waals surface area contributed by atoms with Crippen LogP contribution in [0.3, 0.4) is 0 Å². The summed E-state index contributed by atoms with van der Waals surface area (Å²) in [5, 5.41) is 15.1. The van der Waals surface area contributed by atoms with Crippen molar-refractivity contribution in [3.63, 3.8) is 0 Å². The molecule has 6 aromatic rings. The Bertz CT molecular complexity index is 2800. The molecule has 0 radical (unpaired) electrons. The van der Waals surface area contributed by atoms with Crippen molar-refractivity contribution in [2.45, 2.75) is 13.8 Å². The van der Waals surface area contributed by atoms with Gasteiger partial charge in [0, 0.05) is 67.8 Å². The Balaban J connectivity index is 0.000000250. The first kappa shape index (κ1) is 45.1. The van der Waals surface area contributed by atoms with Crippen molar-refractivity contribution < 1.29 is 58.7 Å². The van der Waals surface area contributed by atoms with Gasteiger partial charge in [-0.15, -0.1) is 0 Å². The van der Waals surface area contributed by atoms with Gasteiger partial charge in [0.05, 0.1) is 40.6 Å². The molecular weight excluding hydrogens is 815 g/mol. The van der Waals surface area contributed by atoms with E-state index in [9.17, 15) is 49.9 Å². The van der Waals surface area contributed by atoms with E-state index in [1.165, 1.54) is 101 Å². The summed E-state index contributed by atoms with van der Waals surface area (Å²) >= 11 is 0. The zero-order chi connectivity index (χ0) is 44.1. The molecule has 2 aromatic heterocycles. The molecule has 4 aromatic carbocycles. The van der Waals surface area contributed by atoms with Gasteiger partial charge in [-0.2, -0.15) is 0 Å². The van der Waals surface area contributed by atoms with Crippen molar-refractivity contribution >= 4 is 77.4 Å². The molecule has 3 N–H and O–H groups in total. The molecule has 59 heavy (non-hydrogen) atoms. The minimum atomic E-state index is -3.75. The Labute approximate surface area is 338 Å². The number of rotatable bonds is 10. The number of hydrogen-bond donors (Lipinski definition) is 3. The van der Waals surface area contributed by atoms with Crippen molar-refractivity contribution in [3.05, 3.63) is 107 Å². The second-order valence-corrected chi connectivity index (χ2v) is 16.5.